The van der Waals surface area contributed by atoms with Gasteiger partial charge in [0.15, 0.2) is 0 Å². The second-order valence-electron chi connectivity index (χ2n) is 5.10. The molecule has 0 spiro atoms. The van der Waals surface area contributed by atoms with Crippen LogP contribution in [0.1, 0.15) is 50.2 Å². The molecule has 0 atom stereocenters. The van der Waals surface area contributed by atoms with Crippen LogP contribution in [0.15, 0.2) is 24.3 Å². The molecule has 1 aromatic rings. The Kier molecular flexibility index (Phi) is 7.23. The van der Waals surface area contributed by atoms with Crippen LogP contribution in [0.5, 0.6) is 0 Å². The van der Waals surface area contributed by atoms with Gasteiger partial charge in [-0.05, 0) is 36.6 Å². The van der Waals surface area contributed by atoms with E-state index >= 15 is 0 Å². The molecule has 21 heavy (non-hydrogen) atoms. The Balaban J connectivity index is 2.63. The standard InChI is InChI=1S/C17H23NO3/c1-3-4-5-6-7-16(19)18-15-12-14(9-8-13(15)2)10-11-17(20)21/h8-12H,3-7H2,1-2H3,(H,18,19)(H,20,21)/b11-10+. The lowest BCUT2D eigenvalue weighted by Crippen LogP contribution is -2.12. The Hall–Kier alpha value is -2.10. The highest BCUT2D eigenvalue weighted by Gasteiger charge is 2.05. The maximum Gasteiger partial charge on any atom is 0.328 e. The van der Waals surface area contributed by atoms with Crippen molar-refractivity contribution in [2.75, 3.05) is 5.32 Å². The van der Waals surface area contributed by atoms with Gasteiger partial charge in [0.05, 0.1) is 0 Å². The number of carboxylic acid groups (broad SMARTS) is 1. The van der Waals surface area contributed by atoms with Gasteiger partial charge in [-0.2, -0.15) is 0 Å². The molecule has 0 heterocycles. The molecule has 0 aliphatic heterocycles. The molecule has 0 saturated heterocycles. The third kappa shape index (κ3) is 6.75. The largest absolute Gasteiger partial charge is 0.478 e. The van der Waals surface area contributed by atoms with Crippen LogP contribution < -0.4 is 5.32 Å². The van der Waals surface area contributed by atoms with Gasteiger partial charge in [0, 0.05) is 18.2 Å². The topological polar surface area (TPSA) is 66.4 Å². The lowest BCUT2D eigenvalue weighted by molar-refractivity contribution is -0.131. The number of nitrogens with one attached hydrogen (secondary N) is 1. The van der Waals surface area contributed by atoms with Gasteiger partial charge in [0.25, 0.3) is 0 Å². The monoisotopic (exact) mass is 289 g/mol. The average Bonchev–Trinajstić information content (AvgIpc) is 2.44. The Bertz CT molecular complexity index is 521. The minimum atomic E-state index is -0.989. The summed E-state index contributed by atoms with van der Waals surface area (Å²) in [5.74, 6) is -0.981. The molecular formula is C17H23NO3. The van der Waals surface area contributed by atoms with E-state index in [0.717, 1.165) is 48.6 Å². The third-order valence-corrected chi connectivity index (χ3v) is 3.21. The van der Waals surface area contributed by atoms with Gasteiger partial charge in [-0.3, -0.25) is 4.79 Å². The summed E-state index contributed by atoms with van der Waals surface area (Å²) in [5.41, 5.74) is 2.46. The van der Waals surface area contributed by atoms with Crippen molar-refractivity contribution in [2.45, 2.75) is 46.0 Å². The van der Waals surface area contributed by atoms with Gasteiger partial charge in [0.2, 0.25) is 5.91 Å². The zero-order valence-electron chi connectivity index (χ0n) is 12.7. The number of amides is 1. The van der Waals surface area contributed by atoms with Gasteiger partial charge < -0.3 is 10.4 Å². The summed E-state index contributed by atoms with van der Waals surface area (Å²) in [6, 6.07) is 5.48. The minimum Gasteiger partial charge on any atom is -0.478 e. The lowest BCUT2D eigenvalue weighted by Gasteiger charge is -2.09. The fraction of sp³-hybridized carbons (Fsp3) is 0.412. The number of rotatable bonds is 8. The predicted octanol–water partition coefficient (Wildman–Crippen LogP) is 4.00. The van der Waals surface area contributed by atoms with Crippen LogP contribution in [-0.2, 0) is 9.59 Å². The maximum atomic E-state index is 11.9. The average molecular weight is 289 g/mol. The van der Waals surface area contributed by atoms with E-state index in [1.165, 1.54) is 6.08 Å². The van der Waals surface area contributed by atoms with E-state index < -0.39 is 5.97 Å². The molecule has 0 aromatic heterocycles. The summed E-state index contributed by atoms with van der Waals surface area (Å²) >= 11 is 0. The highest BCUT2D eigenvalue weighted by molar-refractivity contribution is 5.92. The van der Waals surface area contributed by atoms with Crippen molar-refractivity contribution >= 4 is 23.6 Å². The molecule has 0 aliphatic rings. The number of benzene rings is 1. The van der Waals surface area contributed by atoms with Gasteiger partial charge in [-0.25, -0.2) is 4.79 Å². The van der Waals surface area contributed by atoms with E-state index in [1.54, 1.807) is 6.07 Å². The van der Waals surface area contributed by atoms with Gasteiger partial charge >= 0.3 is 5.97 Å². The lowest BCUT2D eigenvalue weighted by atomic mass is 10.1. The Labute approximate surface area is 125 Å². The Morgan fingerprint density at radius 1 is 1.24 bits per heavy atom. The highest BCUT2D eigenvalue weighted by Crippen LogP contribution is 2.18. The number of carbonyl (C=O) groups excluding carboxylic acids is 1. The van der Waals surface area contributed by atoms with Crippen molar-refractivity contribution < 1.29 is 14.7 Å². The predicted molar refractivity (Wildman–Crippen MR) is 85.2 cm³/mol. The molecule has 0 bridgehead atoms. The number of hydrogen-bond donors (Lipinski definition) is 2. The number of carboxylic acids is 1. The summed E-state index contributed by atoms with van der Waals surface area (Å²) in [7, 11) is 0. The van der Waals surface area contributed by atoms with Crippen LogP contribution in [-0.4, -0.2) is 17.0 Å². The van der Waals surface area contributed by atoms with Crippen molar-refractivity contribution in [3.05, 3.63) is 35.4 Å². The van der Waals surface area contributed by atoms with Crippen molar-refractivity contribution in [2.24, 2.45) is 0 Å². The zero-order valence-corrected chi connectivity index (χ0v) is 12.7. The van der Waals surface area contributed by atoms with Crippen LogP contribution >= 0.6 is 0 Å². The second-order valence-corrected chi connectivity index (χ2v) is 5.10. The molecular weight excluding hydrogens is 266 g/mol. The first-order valence-corrected chi connectivity index (χ1v) is 7.34. The second kappa shape index (κ2) is 8.95. The van der Waals surface area contributed by atoms with Crippen LogP contribution in [0.4, 0.5) is 5.69 Å². The molecule has 0 saturated carbocycles. The number of anilines is 1. The van der Waals surface area contributed by atoms with E-state index in [2.05, 4.69) is 12.2 Å². The van der Waals surface area contributed by atoms with Crippen molar-refractivity contribution in [3.8, 4) is 0 Å². The summed E-state index contributed by atoms with van der Waals surface area (Å²) < 4.78 is 0. The Morgan fingerprint density at radius 3 is 2.67 bits per heavy atom. The molecule has 0 fully saturated rings. The Morgan fingerprint density at radius 2 is 2.00 bits per heavy atom. The summed E-state index contributed by atoms with van der Waals surface area (Å²) in [6.45, 7) is 4.05. The first kappa shape index (κ1) is 17.0. The van der Waals surface area contributed by atoms with Crippen LogP contribution in [0.25, 0.3) is 6.08 Å². The van der Waals surface area contributed by atoms with Crippen LogP contribution in [0, 0.1) is 6.92 Å². The fourth-order valence-corrected chi connectivity index (χ4v) is 1.97. The van der Waals surface area contributed by atoms with Gasteiger partial charge in [-0.15, -0.1) is 0 Å². The maximum absolute atomic E-state index is 11.9. The molecule has 1 rings (SSSR count). The first-order valence-electron chi connectivity index (χ1n) is 7.34. The number of aryl methyl sites for hydroxylation is 1. The highest BCUT2D eigenvalue weighted by atomic mass is 16.4. The summed E-state index contributed by atoms with van der Waals surface area (Å²) in [4.78, 5) is 22.4. The fourth-order valence-electron chi connectivity index (χ4n) is 1.97. The number of carbonyl (C=O) groups is 2. The molecule has 4 heteroatoms. The van der Waals surface area contributed by atoms with E-state index in [-0.39, 0.29) is 5.91 Å². The van der Waals surface area contributed by atoms with Crippen LogP contribution in [0.3, 0.4) is 0 Å². The zero-order chi connectivity index (χ0) is 15.7. The number of aliphatic carboxylic acids is 1. The first-order chi connectivity index (χ1) is 10.0. The molecule has 4 nitrogen and oxygen atoms in total. The SMILES string of the molecule is CCCCCCC(=O)Nc1cc(/C=C/C(=O)O)ccc1C. The normalized spacial score (nSPS) is 10.8. The van der Waals surface area contributed by atoms with E-state index in [0.29, 0.717) is 6.42 Å². The van der Waals surface area contributed by atoms with E-state index in [4.69, 9.17) is 5.11 Å². The molecule has 0 aliphatic carbocycles. The number of hydrogen-bond acceptors (Lipinski definition) is 2. The smallest absolute Gasteiger partial charge is 0.328 e. The summed E-state index contributed by atoms with van der Waals surface area (Å²) in [5, 5.41) is 11.5. The quantitative estimate of drug-likeness (QED) is 0.561. The van der Waals surface area contributed by atoms with E-state index in [9.17, 15) is 9.59 Å². The molecule has 114 valence electrons. The molecule has 0 unspecified atom stereocenters. The van der Waals surface area contributed by atoms with E-state index in [1.807, 2.05) is 19.1 Å². The van der Waals surface area contributed by atoms with Gasteiger partial charge in [0.1, 0.15) is 0 Å². The molecule has 2 N–H and O–H groups in total. The van der Waals surface area contributed by atoms with Crippen molar-refractivity contribution in [3.63, 3.8) is 0 Å². The number of unbranched alkanes of at least 4 members (excludes halogenated alkanes) is 3. The van der Waals surface area contributed by atoms with Crippen LogP contribution in [0.2, 0.25) is 0 Å². The molecule has 1 amide bonds. The summed E-state index contributed by atoms with van der Waals surface area (Å²) in [6.07, 6.45) is 7.40. The van der Waals surface area contributed by atoms with Gasteiger partial charge in [-0.1, -0.05) is 38.3 Å². The molecule has 1 aromatic carbocycles. The third-order valence-electron chi connectivity index (χ3n) is 3.21. The minimum absolute atomic E-state index is 0.00793. The van der Waals surface area contributed by atoms with Crippen molar-refractivity contribution in [1.29, 1.82) is 0 Å². The van der Waals surface area contributed by atoms with Crippen molar-refractivity contribution in [1.82, 2.24) is 0 Å². The molecule has 0 radical (unpaired) electrons.